The molecule has 0 fully saturated rings. The number of nitrogens with one attached hydrogen (secondary N) is 1. The second-order valence-electron chi connectivity index (χ2n) is 8.26. The molecule has 1 heterocycles. The number of anilines is 3. The molecule has 0 spiro atoms. The Balaban J connectivity index is 1.28. The monoisotopic (exact) mass is 482 g/mol. The van der Waals surface area contributed by atoms with Crippen LogP contribution in [0.15, 0.2) is 102 Å². The quantitative estimate of drug-likeness (QED) is 0.325. The second kappa shape index (κ2) is 10.2. The van der Waals surface area contributed by atoms with E-state index in [9.17, 15) is 14.0 Å². The van der Waals surface area contributed by atoms with Gasteiger partial charge in [-0.2, -0.15) is 0 Å². The number of hydrogen-bond acceptors (Lipinski definition) is 3. The first-order chi connectivity index (χ1) is 17.1. The zero-order chi connectivity index (χ0) is 24.2. The van der Waals surface area contributed by atoms with Crippen molar-refractivity contribution in [3.8, 4) is 0 Å². The summed E-state index contributed by atoms with van der Waals surface area (Å²) in [7, 11) is 0. The van der Waals surface area contributed by atoms with Gasteiger partial charge in [0.1, 0.15) is 5.82 Å². The van der Waals surface area contributed by atoms with Gasteiger partial charge in [0.05, 0.1) is 17.1 Å². The first-order valence-electron chi connectivity index (χ1n) is 11.4. The molecule has 1 aliphatic heterocycles. The van der Waals surface area contributed by atoms with Gasteiger partial charge in [0.2, 0.25) is 5.91 Å². The molecule has 0 saturated heterocycles. The number of benzene rings is 4. The lowest BCUT2D eigenvalue weighted by atomic mass is 10.0. The molecule has 1 aliphatic rings. The van der Waals surface area contributed by atoms with E-state index in [-0.39, 0.29) is 23.4 Å². The Morgan fingerprint density at radius 1 is 0.771 bits per heavy atom. The predicted molar refractivity (Wildman–Crippen MR) is 139 cm³/mol. The average Bonchev–Trinajstić information content (AvgIpc) is 3.05. The molecule has 4 aromatic carbocycles. The molecule has 0 aliphatic carbocycles. The summed E-state index contributed by atoms with van der Waals surface area (Å²) in [5.74, 6) is -0.390. The molecule has 0 unspecified atom stereocenters. The smallest absolute Gasteiger partial charge is 0.255 e. The SMILES string of the molecule is O=C(Nc1ccc(SCC(=O)N2c3ccccc3CCc3ccccc32)cc1)c1ccc(F)cc1. The highest BCUT2D eigenvalue weighted by Gasteiger charge is 2.25. The van der Waals surface area contributed by atoms with Gasteiger partial charge >= 0.3 is 0 Å². The zero-order valence-corrected chi connectivity index (χ0v) is 19.7. The average molecular weight is 483 g/mol. The Kier molecular flexibility index (Phi) is 6.64. The van der Waals surface area contributed by atoms with Crippen LogP contribution >= 0.6 is 11.8 Å². The molecule has 5 rings (SSSR count). The van der Waals surface area contributed by atoms with Crippen molar-refractivity contribution in [2.75, 3.05) is 16.0 Å². The summed E-state index contributed by atoms with van der Waals surface area (Å²) < 4.78 is 13.1. The summed E-state index contributed by atoms with van der Waals surface area (Å²) in [5.41, 5.74) is 5.24. The van der Waals surface area contributed by atoms with E-state index in [1.165, 1.54) is 47.2 Å². The van der Waals surface area contributed by atoms with Crippen molar-refractivity contribution in [3.63, 3.8) is 0 Å². The molecule has 1 N–H and O–H groups in total. The third kappa shape index (κ3) is 5.12. The summed E-state index contributed by atoms with van der Waals surface area (Å²) in [5, 5.41) is 2.80. The van der Waals surface area contributed by atoms with Crippen LogP contribution in [0, 0.1) is 5.82 Å². The standard InChI is InChI=1S/C29H23FN2O2S/c30-23-13-11-22(12-14-23)29(34)31-24-15-17-25(18-16-24)35-19-28(33)32-26-7-3-1-5-20(26)9-10-21-6-2-4-8-27(21)32/h1-8,11-18H,9-10,19H2,(H,31,34). The van der Waals surface area contributed by atoms with E-state index in [0.29, 0.717) is 11.3 Å². The Morgan fingerprint density at radius 2 is 1.34 bits per heavy atom. The number of aryl methyl sites for hydroxylation is 2. The highest BCUT2D eigenvalue weighted by Crippen LogP contribution is 2.36. The van der Waals surface area contributed by atoms with Gasteiger partial charge in [0.15, 0.2) is 0 Å². The van der Waals surface area contributed by atoms with Gasteiger partial charge in [-0.15, -0.1) is 11.8 Å². The van der Waals surface area contributed by atoms with Gasteiger partial charge in [0, 0.05) is 16.1 Å². The van der Waals surface area contributed by atoms with Gasteiger partial charge in [-0.3, -0.25) is 14.5 Å². The molecule has 0 radical (unpaired) electrons. The predicted octanol–water partition coefficient (Wildman–Crippen LogP) is 6.63. The molecule has 4 nitrogen and oxygen atoms in total. The Bertz CT molecular complexity index is 1320. The molecule has 0 aromatic heterocycles. The number of para-hydroxylation sites is 2. The Labute approximate surface area is 207 Å². The van der Waals surface area contributed by atoms with E-state index in [1.807, 2.05) is 53.4 Å². The summed E-state index contributed by atoms with van der Waals surface area (Å²) >= 11 is 1.46. The zero-order valence-electron chi connectivity index (χ0n) is 18.9. The number of halogens is 1. The fourth-order valence-electron chi connectivity index (χ4n) is 4.20. The summed E-state index contributed by atoms with van der Waals surface area (Å²) in [4.78, 5) is 28.6. The van der Waals surface area contributed by atoms with Crippen molar-refractivity contribution in [2.24, 2.45) is 0 Å². The van der Waals surface area contributed by atoms with Crippen LogP contribution in [-0.4, -0.2) is 17.6 Å². The minimum Gasteiger partial charge on any atom is -0.322 e. The number of carbonyl (C=O) groups excluding carboxylic acids is 2. The van der Waals surface area contributed by atoms with Gasteiger partial charge in [-0.25, -0.2) is 4.39 Å². The summed E-state index contributed by atoms with van der Waals surface area (Å²) in [6, 6.07) is 28.9. The lowest BCUT2D eigenvalue weighted by Gasteiger charge is -2.25. The van der Waals surface area contributed by atoms with E-state index in [1.54, 1.807) is 12.1 Å². The molecular weight excluding hydrogens is 459 g/mol. The van der Waals surface area contributed by atoms with E-state index < -0.39 is 0 Å². The molecule has 0 bridgehead atoms. The number of fused-ring (bicyclic) bond motifs is 2. The fraction of sp³-hybridized carbons (Fsp3) is 0.103. The molecular formula is C29H23FN2O2S. The maximum atomic E-state index is 13.5. The van der Waals surface area contributed by atoms with E-state index >= 15 is 0 Å². The van der Waals surface area contributed by atoms with Crippen LogP contribution in [0.4, 0.5) is 21.5 Å². The maximum Gasteiger partial charge on any atom is 0.255 e. The van der Waals surface area contributed by atoms with Crippen LogP contribution in [0.2, 0.25) is 0 Å². The first kappa shape index (κ1) is 22.9. The number of thioether (sulfide) groups is 1. The van der Waals surface area contributed by atoms with Crippen LogP contribution in [0.3, 0.4) is 0 Å². The number of amides is 2. The minimum absolute atomic E-state index is 0.0190. The van der Waals surface area contributed by atoms with Crippen LogP contribution in [0.5, 0.6) is 0 Å². The minimum atomic E-state index is -0.385. The molecule has 174 valence electrons. The molecule has 0 atom stereocenters. The topological polar surface area (TPSA) is 49.4 Å². The van der Waals surface area contributed by atoms with Crippen molar-refractivity contribution >= 4 is 40.6 Å². The highest BCUT2D eigenvalue weighted by molar-refractivity contribution is 8.00. The maximum absolute atomic E-state index is 13.5. The lowest BCUT2D eigenvalue weighted by Crippen LogP contribution is -2.28. The Morgan fingerprint density at radius 3 is 1.94 bits per heavy atom. The molecule has 0 saturated carbocycles. The second-order valence-corrected chi connectivity index (χ2v) is 9.31. The van der Waals surface area contributed by atoms with Gasteiger partial charge in [-0.05, 0) is 84.6 Å². The van der Waals surface area contributed by atoms with Crippen molar-refractivity contribution in [1.82, 2.24) is 0 Å². The van der Waals surface area contributed by atoms with Gasteiger partial charge in [0.25, 0.3) is 5.91 Å². The van der Waals surface area contributed by atoms with E-state index in [4.69, 9.17) is 0 Å². The first-order valence-corrected chi connectivity index (χ1v) is 12.4. The lowest BCUT2D eigenvalue weighted by molar-refractivity contribution is -0.115. The summed E-state index contributed by atoms with van der Waals surface area (Å²) in [6.45, 7) is 0. The van der Waals surface area contributed by atoms with Crippen LogP contribution in [0.25, 0.3) is 0 Å². The van der Waals surface area contributed by atoms with E-state index in [2.05, 4.69) is 17.4 Å². The molecule has 6 heteroatoms. The summed E-state index contributed by atoms with van der Waals surface area (Å²) in [6.07, 6.45) is 1.80. The third-order valence-electron chi connectivity index (χ3n) is 5.96. The van der Waals surface area contributed by atoms with Crippen LogP contribution < -0.4 is 10.2 Å². The molecule has 2 amide bonds. The van der Waals surface area contributed by atoms with Crippen molar-refractivity contribution in [3.05, 3.63) is 120 Å². The van der Waals surface area contributed by atoms with Crippen molar-refractivity contribution < 1.29 is 14.0 Å². The van der Waals surface area contributed by atoms with Gasteiger partial charge < -0.3 is 5.32 Å². The Hall–Kier alpha value is -3.90. The van der Waals surface area contributed by atoms with Crippen molar-refractivity contribution in [2.45, 2.75) is 17.7 Å². The van der Waals surface area contributed by atoms with Crippen LogP contribution in [0.1, 0.15) is 21.5 Å². The largest absolute Gasteiger partial charge is 0.322 e. The van der Waals surface area contributed by atoms with Gasteiger partial charge in [-0.1, -0.05) is 36.4 Å². The molecule has 35 heavy (non-hydrogen) atoms. The number of rotatable bonds is 5. The number of carbonyl (C=O) groups is 2. The fourth-order valence-corrected chi connectivity index (χ4v) is 4.94. The van der Waals surface area contributed by atoms with Crippen LogP contribution in [-0.2, 0) is 17.6 Å². The van der Waals surface area contributed by atoms with Crippen molar-refractivity contribution in [1.29, 1.82) is 0 Å². The van der Waals surface area contributed by atoms with E-state index in [0.717, 1.165) is 29.1 Å². The third-order valence-corrected chi connectivity index (χ3v) is 6.96. The normalized spacial score (nSPS) is 12.3. The number of hydrogen-bond donors (Lipinski definition) is 1. The number of nitrogens with zero attached hydrogens (tertiary/aromatic N) is 1. The molecule has 4 aromatic rings. The highest BCUT2D eigenvalue weighted by atomic mass is 32.2.